The molecule has 1 heterocycles. The smallest absolute Gasteiger partial charge is 0.254 e. The van der Waals surface area contributed by atoms with Gasteiger partial charge in [0.2, 0.25) is 0 Å². The number of aryl methyl sites for hydroxylation is 1. The maximum Gasteiger partial charge on any atom is 0.254 e. The van der Waals surface area contributed by atoms with Crippen LogP contribution < -0.4 is 5.32 Å². The monoisotopic (exact) mass is 306 g/mol. The van der Waals surface area contributed by atoms with Crippen LogP contribution >= 0.6 is 11.8 Å². The summed E-state index contributed by atoms with van der Waals surface area (Å²) >= 11 is 1.95. The molecular formula is C17H26N2OS. The lowest BCUT2D eigenvalue weighted by molar-refractivity contribution is 0.0698. The van der Waals surface area contributed by atoms with Crippen molar-refractivity contribution in [3.8, 4) is 0 Å². The van der Waals surface area contributed by atoms with Crippen molar-refractivity contribution in [2.45, 2.75) is 45.4 Å². The van der Waals surface area contributed by atoms with Crippen molar-refractivity contribution in [1.82, 2.24) is 4.90 Å². The van der Waals surface area contributed by atoms with E-state index in [-0.39, 0.29) is 5.91 Å². The highest BCUT2D eigenvalue weighted by atomic mass is 32.2. The van der Waals surface area contributed by atoms with E-state index in [0.29, 0.717) is 11.3 Å². The van der Waals surface area contributed by atoms with Gasteiger partial charge in [0, 0.05) is 41.4 Å². The highest BCUT2D eigenvalue weighted by Crippen LogP contribution is 2.26. The van der Waals surface area contributed by atoms with Gasteiger partial charge in [0.05, 0.1) is 0 Å². The number of anilines is 1. The van der Waals surface area contributed by atoms with Crippen LogP contribution in [0.3, 0.4) is 0 Å². The van der Waals surface area contributed by atoms with Crippen molar-refractivity contribution in [3.05, 3.63) is 29.3 Å². The molecule has 0 radical (unpaired) electrons. The molecule has 116 valence electrons. The molecule has 0 aromatic heterocycles. The molecule has 1 aliphatic heterocycles. The molecule has 0 aliphatic carbocycles. The van der Waals surface area contributed by atoms with Gasteiger partial charge in [-0.3, -0.25) is 4.79 Å². The second-order valence-electron chi connectivity index (χ2n) is 5.77. The van der Waals surface area contributed by atoms with Gasteiger partial charge in [0.25, 0.3) is 5.91 Å². The van der Waals surface area contributed by atoms with Gasteiger partial charge in [-0.05, 0) is 44.0 Å². The summed E-state index contributed by atoms with van der Waals surface area (Å²) in [5.74, 6) is 1.20. The Morgan fingerprint density at radius 1 is 1.43 bits per heavy atom. The first kappa shape index (κ1) is 16.2. The number of thioether (sulfide) groups is 1. The van der Waals surface area contributed by atoms with E-state index < -0.39 is 0 Å². The third-order valence-corrected chi connectivity index (χ3v) is 5.52. The van der Waals surface area contributed by atoms with Crippen LogP contribution in [-0.2, 0) is 0 Å². The predicted molar refractivity (Wildman–Crippen MR) is 92.4 cm³/mol. The summed E-state index contributed by atoms with van der Waals surface area (Å²) in [5.41, 5.74) is 3.07. The number of nitrogens with zero attached hydrogens (tertiary/aromatic N) is 1. The third-order valence-electron chi connectivity index (χ3n) is 4.18. The van der Waals surface area contributed by atoms with Gasteiger partial charge in [-0.1, -0.05) is 13.8 Å². The van der Waals surface area contributed by atoms with Gasteiger partial charge in [0.1, 0.15) is 0 Å². The van der Waals surface area contributed by atoms with Gasteiger partial charge >= 0.3 is 0 Å². The van der Waals surface area contributed by atoms with Crippen LogP contribution in [0.1, 0.15) is 43.1 Å². The molecular weight excluding hydrogens is 280 g/mol. The zero-order valence-corrected chi connectivity index (χ0v) is 14.3. The van der Waals surface area contributed by atoms with Gasteiger partial charge in [-0.2, -0.15) is 11.8 Å². The first-order valence-corrected chi connectivity index (χ1v) is 8.86. The molecule has 2 rings (SSSR count). The van der Waals surface area contributed by atoms with Crippen LogP contribution in [0, 0.1) is 6.92 Å². The third kappa shape index (κ3) is 3.73. The van der Waals surface area contributed by atoms with Crippen LogP contribution in [0.5, 0.6) is 0 Å². The van der Waals surface area contributed by atoms with Crippen molar-refractivity contribution in [3.63, 3.8) is 0 Å². The molecule has 1 aromatic carbocycles. The highest BCUT2D eigenvalue weighted by molar-refractivity contribution is 8.00. The number of rotatable bonds is 4. The first-order chi connectivity index (χ1) is 10.0. The molecule has 1 amide bonds. The zero-order valence-electron chi connectivity index (χ0n) is 13.5. The minimum Gasteiger partial charge on any atom is -0.385 e. The minimum absolute atomic E-state index is 0.166. The predicted octanol–water partition coefficient (Wildman–Crippen LogP) is 3.78. The summed E-state index contributed by atoms with van der Waals surface area (Å²) in [7, 11) is 0. The summed E-state index contributed by atoms with van der Waals surface area (Å²) in [5, 5.41) is 3.90. The topological polar surface area (TPSA) is 32.3 Å². The van der Waals surface area contributed by atoms with Crippen LogP contribution in [0.25, 0.3) is 0 Å². The molecule has 21 heavy (non-hydrogen) atoms. The standard InChI is InChI=1S/C17H26N2OS/c1-5-8-18-16-7-6-15(11-12(16)2)17(20)19-9-10-21-14(4)13(19)3/h6-7,11,13-14,18H,5,8-10H2,1-4H3. The number of nitrogens with one attached hydrogen (secondary N) is 1. The lowest BCUT2D eigenvalue weighted by Gasteiger charge is -2.37. The molecule has 1 fully saturated rings. The Morgan fingerprint density at radius 2 is 2.19 bits per heavy atom. The van der Waals surface area contributed by atoms with Crippen LogP contribution in [0.15, 0.2) is 18.2 Å². The molecule has 2 unspecified atom stereocenters. The van der Waals surface area contributed by atoms with E-state index in [0.717, 1.165) is 42.1 Å². The largest absolute Gasteiger partial charge is 0.385 e. The lowest BCUT2D eigenvalue weighted by atomic mass is 10.1. The maximum absolute atomic E-state index is 12.7. The Labute approximate surface area is 132 Å². The molecule has 0 spiro atoms. The van der Waals surface area contributed by atoms with Crippen LogP contribution in [0.4, 0.5) is 5.69 Å². The Bertz CT molecular complexity index is 504. The summed E-state index contributed by atoms with van der Waals surface area (Å²) in [4.78, 5) is 14.8. The maximum atomic E-state index is 12.7. The molecule has 3 nitrogen and oxygen atoms in total. The van der Waals surface area contributed by atoms with Crippen molar-refractivity contribution >= 4 is 23.4 Å². The molecule has 0 bridgehead atoms. The van der Waals surface area contributed by atoms with Gasteiger partial charge in [0.15, 0.2) is 0 Å². The summed E-state index contributed by atoms with van der Waals surface area (Å²) in [6.07, 6.45) is 1.10. The van der Waals surface area contributed by atoms with E-state index in [1.54, 1.807) is 0 Å². The average molecular weight is 306 g/mol. The Balaban J connectivity index is 2.14. The fraction of sp³-hybridized carbons (Fsp3) is 0.588. The lowest BCUT2D eigenvalue weighted by Crippen LogP contribution is -2.47. The SMILES string of the molecule is CCCNc1ccc(C(=O)N2CCSC(C)C2C)cc1C. The molecule has 1 aliphatic rings. The number of amides is 1. The number of benzene rings is 1. The second-order valence-corrected chi connectivity index (χ2v) is 7.26. The molecule has 0 saturated carbocycles. The molecule has 1 saturated heterocycles. The van der Waals surface area contributed by atoms with E-state index in [1.165, 1.54) is 0 Å². The molecule has 1 aromatic rings. The number of carbonyl (C=O) groups is 1. The van der Waals surface area contributed by atoms with Crippen molar-refractivity contribution in [2.24, 2.45) is 0 Å². The zero-order chi connectivity index (χ0) is 15.4. The van der Waals surface area contributed by atoms with Gasteiger partial charge in [-0.15, -0.1) is 0 Å². The van der Waals surface area contributed by atoms with Gasteiger partial charge in [-0.25, -0.2) is 0 Å². The van der Waals surface area contributed by atoms with Crippen molar-refractivity contribution < 1.29 is 4.79 Å². The van der Waals surface area contributed by atoms with Crippen LogP contribution in [-0.4, -0.2) is 40.9 Å². The van der Waals surface area contributed by atoms with E-state index in [1.807, 2.05) is 34.9 Å². The van der Waals surface area contributed by atoms with Crippen molar-refractivity contribution in [1.29, 1.82) is 0 Å². The van der Waals surface area contributed by atoms with E-state index >= 15 is 0 Å². The number of carbonyl (C=O) groups excluding carboxylic acids is 1. The molecule has 2 atom stereocenters. The number of hydrogen-bond donors (Lipinski definition) is 1. The fourth-order valence-corrected chi connectivity index (χ4v) is 3.74. The normalized spacial score (nSPS) is 22.2. The summed E-state index contributed by atoms with van der Waals surface area (Å²) < 4.78 is 0. The van der Waals surface area contributed by atoms with Gasteiger partial charge < -0.3 is 10.2 Å². The van der Waals surface area contributed by atoms with E-state index in [2.05, 4.69) is 33.0 Å². The Kier molecular flexibility index (Phi) is 5.57. The minimum atomic E-state index is 0.166. The van der Waals surface area contributed by atoms with Crippen molar-refractivity contribution in [2.75, 3.05) is 24.2 Å². The Morgan fingerprint density at radius 3 is 2.86 bits per heavy atom. The highest BCUT2D eigenvalue weighted by Gasteiger charge is 2.29. The van der Waals surface area contributed by atoms with E-state index in [9.17, 15) is 4.79 Å². The fourth-order valence-electron chi connectivity index (χ4n) is 2.64. The second kappa shape index (κ2) is 7.21. The quantitative estimate of drug-likeness (QED) is 0.918. The molecule has 4 heteroatoms. The summed E-state index contributed by atoms with van der Waals surface area (Å²) in [6.45, 7) is 10.4. The average Bonchev–Trinajstić information content (AvgIpc) is 2.48. The molecule has 1 N–H and O–H groups in total. The van der Waals surface area contributed by atoms with Crippen LogP contribution in [0.2, 0.25) is 0 Å². The summed E-state index contributed by atoms with van der Waals surface area (Å²) in [6, 6.07) is 6.30. The first-order valence-electron chi connectivity index (χ1n) is 7.81. The Hall–Kier alpha value is -1.16. The van der Waals surface area contributed by atoms with E-state index in [4.69, 9.17) is 0 Å². The number of hydrogen-bond acceptors (Lipinski definition) is 3.